The van der Waals surface area contributed by atoms with Crippen LogP contribution in [-0.2, 0) is 4.79 Å². The van der Waals surface area contributed by atoms with Gasteiger partial charge in [-0.1, -0.05) is 26.2 Å². The second kappa shape index (κ2) is 6.76. The first-order chi connectivity index (χ1) is 10.0. The molecule has 0 aromatic carbocycles. The third-order valence-electron chi connectivity index (χ3n) is 5.39. The van der Waals surface area contributed by atoms with Gasteiger partial charge in [0.1, 0.15) is 6.04 Å². The highest BCUT2D eigenvalue weighted by Crippen LogP contribution is 2.39. The third kappa shape index (κ3) is 3.22. The molecule has 0 aromatic rings. The number of piperidine rings is 1. The molecule has 3 N–H and O–H groups in total. The summed E-state index contributed by atoms with van der Waals surface area (Å²) in [5.41, 5.74) is 5.77. The summed E-state index contributed by atoms with van der Waals surface area (Å²) in [6.07, 6.45) is 6.42. The highest BCUT2D eigenvalue weighted by molar-refractivity contribution is 5.83. The lowest BCUT2D eigenvalue weighted by atomic mass is 9.69. The highest BCUT2D eigenvalue weighted by Gasteiger charge is 2.44. The number of carbonyl (C=O) groups excluding carboxylic acids is 1. The van der Waals surface area contributed by atoms with E-state index in [0.717, 1.165) is 44.9 Å². The van der Waals surface area contributed by atoms with E-state index in [0.29, 0.717) is 12.5 Å². The molecule has 2 aliphatic rings. The van der Waals surface area contributed by atoms with Gasteiger partial charge in [-0.2, -0.15) is 5.26 Å². The maximum atomic E-state index is 12.8. The van der Waals surface area contributed by atoms with Gasteiger partial charge in [-0.15, -0.1) is 0 Å². The quantitative estimate of drug-likeness (QED) is 0.823. The van der Waals surface area contributed by atoms with Crippen molar-refractivity contribution in [3.63, 3.8) is 0 Å². The van der Waals surface area contributed by atoms with Crippen LogP contribution in [0.2, 0.25) is 0 Å². The largest absolute Gasteiger partial charge is 0.396 e. The number of amides is 1. The molecule has 2 unspecified atom stereocenters. The van der Waals surface area contributed by atoms with Crippen molar-refractivity contribution in [2.24, 2.45) is 17.1 Å². The molecule has 2 fully saturated rings. The first-order valence-electron chi connectivity index (χ1n) is 8.10. The monoisotopic (exact) mass is 293 g/mol. The Morgan fingerprint density at radius 3 is 2.71 bits per heavy atom. The van der Waals surface area contributed by atoms with Gasteiger partial charge >= 0.3 is 0 Å². The van der Waals surface area contributed by atoms with Gasteiger partial charge in [0.15, 0.2) is 0 Å². The third-order valence-corrected chi connectivity index (χ3v) is 5.39. The predicted molar refractivity (Wildman–Crippen MR) is 80.1 cm³/mol. The number of carbonyl (C=O) groups is 1. The van der Waals surface area contributed by atoms with Crippen LogP contribution < -0.4 is 5.73 Å². The van der Waals surface area contributed by atoms with Crippen LogP contribution >= 0.6 is 0 Å². The van der Waals surface area contributed by atoms with Gasteiger partial charge in [-0.3, -0.25) is 4.79 Å². The molecule has 3 atom stereocenters. The topological polar surface area (TPSA) is 90.3 Å². The van der Waals surface area contributed by atoms with Gasteiger partial charge in [0.05, 0.1) is 18.7 Å². The average molecular weight is 293 g/mol. The summed E-state index contributed by atoms with van der Waals surface area (Å²) in [5.74, 6) is 0.320. The molecule has 0 spiro atoms. The first-order valence-corrected chi connectivity index (χ1v) is 8.10. The number of nitrogens with two attached hydrogens (primary N) is 1. The number of aliphatic hydroxyl groups is 1. The Morgan fingerprint density at radius 2 is 2.14 bits per heavy atom. The zero-order chi connectivity index (χ0) is 15.5. The number of likely N-dealkylation sites (tertiary alicyclic amines) is 1. The van der Waals surface area contributed by atoms with Crippen molar-refractivity contribution in [1.29, 1.82) is 5.26 Å². The van der Waals surface area contributed by atoms with E-state index >= 15 is 0 Å². The molecule has 1 saturated carbocycles. The maximum Gasteiger partial charge on any atom is 0.241 e. The maximum absolute atomic E-state index is 12.8. The molecule has 1 aliphatic carbocycles. The Bertz CT molecular complexity index is 412. The summed E-state index contributed by atoms with van der Waals surface area (Å²) in [7, 11) is 0. The molecular weight excluding hydrogens is 266 g/mol. The molecule has 2 rings (SSSR count). The lowest BCUT2D eigenvalue weighted by Crippen LogP contribution is -2.58. The zero-order valence-electron chi connectivity index (χ0n) is 12.9. The van der Waals surface area contributed by atoms with Crippen LogP contribution in [0.1, 0.15) is 51.9 Å². The summed E-state index contributed by atoms with van der Waals surface area (Å²) in [6.45, 7) is 2.68. The van der Waals surface area contributed by atoms with E-state index in [1.54, 1.807) is 4.90 Å². The molecule has 1 saturated heterocycles. The number of nitriles is 1. The van der Waals surface area contributed by atoms with Crippen LogP contribution in [-0.4, -0.2) is 41.1 Å². The van der Waals surface area contributed by atoms with Gasteiger partial charge in [0, 0.05) is 12.0 Å². The smallest absolute Gasteiger partial charge is 0.241 e. The fourth-order valence-corrected chi connectivity index (χ4v) is 3.79. The Kier molecular flexibility index (Phi) is 5.23. The van der Waals surface area contributed by atoms with Gasteiger partial charge in [0.2, 0.25) is 5.91 Å². The summed E-state index contributed by atoms with van der Waals surface area (Å²) in [4.78, 5) is 14.4. The minimum Gasteiger partial charge on any atom is -0.396 e. The van der Waals surface area contributed by atoms with Gasteiger partial charge in [-0.25, -0.2) is 0 Å². The van der Waals surface area contributed by atoms with Crippen molar-refractivity contribution < 1.29 is 9.90 Å². The summed E-state index contributed by atoms with van der Waals surface area (Å²) >= 11 is 0. The molecule has 118 valence electrons. The normalized spacial score (nSPS) is 30.5. The molecule has 1 heterocycles. The van der Waals surface area contributed by atoms with Gasteiger partial charge in [-0.05, 0) is 31.6 Å². The minimum atomic E-state index is -0.688. The van der Waals surface area contributed by atoms with E-state index < -0.39 is 11.5 Å². The number of nitrogens with zero attached hydrogens (tertiary/aromatic N) is 2. The van der Waals surface area contributed by atoms with Crippen LogP contribution in [0.25, 0.3) is 0 Å². The average Bonchev–Trinajstić information content (AvgIpc) is 2.54. The summed E-state index contributed by atoms with van der Waals surface area (Å²) < 4.78 is 0. The van der Waals surface area contributed by atoms with E-state index in [1.807, 2.05) is 0 Å². The van der Waals surface area contributed by atoms with Crippen LogP contribution in [0.4, 0.5) is 0 Å². The standard InChI is InChI=1S/C16H27N3O2/c1-12-5-8-19(13(9-12)10-17)15(21)14(18)16(11-20)6-3-2-4-7-16/h12-14,20H,2-9,11,18H2,1H3/t12-,13?,14?/m0/s1. The van der Waals surface area contributed by atoms with E-state index in [2.05, 4.69) is 13.0 Å². The Morgan fingerprint density at radius 1 is 1.48 bits per heavy atom. The molecule has 1 amide bonds. The second-order valence-corrected chi connectivity index (χ2v) is 6.86. The second-order valence-electron chi connectivity index (χ2n) is 6.86. The van der Waals surface area contributed by atoms with Crippen LogP contribution in [0, 0.1) is 22.7 Å². The van der Waals surface area contributed by atoms with Crippen molar-refractivity contribution >= 4 is 5.91 Å². The van der Waals surface area contributed by atoms with E-state index in [1.165, 1.54) is 0 Å². The summed E-state index contributed by atoms with van der Waals surface area (Å²) in [6, 6.07) is 1.18. The van der Waals surface area contributed by atoms with E-state index in [4.69, 9.17) is 5.73 Å². The fourth-order valence-electron chi connectivity index (χ4n) is 3.79. The molecule has 1 aliphatic heterocycles. The highest BCUT2D eigenvalue weighted by atomic mass is 16.3. The fraction of sp³-hybridized carbons (Fsp3) is 0.875. The molecule has 0 radical (unpaired) electrons. The molecule has 21 heavy (non-hydrogen) atoms. The molecular formula is C16H27N3O2. The Balaban J connectivity index is 2.12. The van der Waals surface area contributed by atoms with Crippen molar-refractivity contribution in [2.45, 2.75) is 64.0 Å². The summed E-state index contributed by atoms with van der Waals surface area (Å²) in [5, 5.41) is 19.1. The minimum absolute atomic E-state index is 0.0403. The Labute approximate surface area is 127 Å². The number of hydrogen-bond donors (Lipinski definition) is 2. The van der Waals surface area contributed by atoms with Crippen molar-refractivity contribution in [3.05, 3.63) is 0 Å². The number of hydrogen-bond acceptors (Lipinski definition) is 4. The molecule has 5 nitrogen and oxygen atoms in total. The molecule has 0 aromatic heterocycles. The number of rotatable bonds is 3. The van der Waals surface area contributed by atoms with E-state index in [-0.39, 0.29) is 18.6 Å². The first kappa shape index (κ1) is 16.3. The molecule has 5 heteroatoms. The van der Waals surface area contributed by atoms with Crippen LogP contribution in [0.3, 0.4) is 0 Å². The van der Waals surface area contributed by atoms with Gasteiger partial charge < -0.3 is 15.7 Å². The Hall–Kier alpha value is -1.12. The number of aliphatic hydroxyl groups excluding tert-OH is 1. The zero-order valence-corrected chi connectivity index (χ0v) is 12.9. The van der Waals surface area contributed by atoms with Crippen LogP contribution in [0.15, 0.2) is 0 Å². The predicted octanol–water partition coefficient (Wildman–Crippen LogP) is 1.41. The van der Waals surface area contributed by atoms with Crippen molar-refractivity contribution in [2.75, 3.05) is 13.2 Å². The van der Waals surface area contributed by atoms with Gasteiger partial charge in [0.25, 0.3) is 0 Å². The molecule has 0 bridgehead atoms. The van der Waals surface area contributed by atoms with E-state index in [9.17, 15) is 15.2 Å². The van der Waals surface area contributed by atoms with Crippen molar-refractivity contribution in [3.8, 4) is 6.07 Å². The van der Waals surface area contributed by atoms with Crippen LogP contribution in [0.5, 0.6) is 0 Å². The SMILES string of the molecule is C[C@H]1CCN(C(=O)C(N)C2(CO)CCCCC2)C(C#N)C1. The lowest BCUT2D eigenvalue weighted by Gasteiger charge is -2.43. The van der Waals surface area contributed by atoms with Crippen molar-refractivity contribution in [1.82, 2.24) is 4.90 Å². The lowest BCUT2D eigenvalue weighted by molar-refractivity contribution is -0.140.